The van der Waals surface area contributed by atoms with Crippen LogP contribution in [0.1, 0.15) is 45.9 Å². The van der Waals surface area contributed by atoms with Crippen molar-refractivity contribution in [1.29, 1.82) is 0 Å². The van der Waals surface area contributed by atoms with Crippen LogP contribution in [0, 0.1) is 0 Å². The smallest absolute Gasteiger partial charge is 0.191 e. The van der Waals surface area contributed by atoms with Gasteiger partial charge in [0.15, 0.2) is 5.96 Å². The maximum absolute atomic E-state index is 4.33. The predicted octanol–water partition coefficient (Wildman–Crippen LogP) is 1.27. The van der Waals surface area contributed by atoms with Crippen molar-refractivity contribution in [3.8, 4) is 0 Å². The number of rotatable bonds is 7. The molecule has 7 nitrogen and oxygen atoms in total. The molecule has 0 saturated carbocycles. The first-order chi connectivity index (χ1) is 11.6. The maximum Gasteiger partial charge on any atom is 0.191 e. The van der Waals surface area contributed by atoms with Crippen molar-refractivity contribution in [3.05, 3.63) is 12.2 Å². The average Bonchev–Trinajstić information content (AvgIpc) is 3.06. The molecule has 1 saturated heterocycles. The monoisotopic (exact) mass is 335 g/mol. The van der Waals surface area contributed by atoms with Gasteiger partial charge in [0.25, 0.3) is 0 Å². The highest BCUT2D eigenvalue weighted by molar-refractivity contribution is 5.79. The van der Waals surface area contributed by atoms with Gasteiger partial charge in [-0.1, -0.05) is 13.3 Å². The summed E-state index contributed by atoms with van der Waals surface area (Å²) in [5, 5.41) is 14.9. The average molecular weight is 336 g/mol. The molecule has 7 heteroatoms. The Balaban J connectivity index is 1.75. The molecular formula is C17H33N7. The third-order valence-corrected chi connectivity index (χ3v) is 4.78. The number of aromatic nitrogens is 3. The molecule has 1 aromatic rings. The number of likely N-dealkylation sites (tertiary alicyclic amines) is 1. The molecule has 0 bridgehead atoms. The van der Waals surface area contributed by atoms with Crippen LogP contribution >= 0.6 is 0 Å². The Morgan fingerprint density at radius 2 is 2.00 bits per heavy atom. The summed E-state index contributed by atoms with van der Waals surface area (Å²) in [6.45, 7) is 11.6. The summed E-state index contributed by atoms with van der Waals surface area (Å²) in [4.78, 5) is 6.92. The minimum Gasteiger partial charge on any atom is -0.355 e. The zero-order valence-electron chi connectivity index (χ0n) is 15.7. The SMILES string of the molecule is CCc1nncn1CCNC(=NC)NCC(C)(C)N1CCCCC1. The molecule has 2 rings (SSSR count). The van der Waals surface area contributed by atoms with Gasteiger partial charge in [-0.3, -0.25) is 9.89 Å². The number of guanidine groups is 1. The summed E-state index contributed by atoms with van der Waals surface area (Å²) < 4.78 is 2.08. The molecule has 0 atom stereocenters. The molecule has 0 spiro atoms. The molecule has 136 valence electrons. The molecule has 1 aliphatic heterocycles. The largest absolute Gasteiger partial charge is 0.355 e. The fourth-order valence-corrected chi connectivity index (χ4v) is 3.17. The third kappa shape index (κ3) is 5.19. The van der Waals surface area contributed by atoms with Gasteiger partial charge >= 0.3 is 0 Å². The second-order valence-corrected chi connectivity index (χ2v) is 7.01. The van der Waals surface area contributed by atoms with Crippen LogP contribution in [-0.2, 0) is 13.0 Å². The van der Waals surface area contributed by atoms with Gasteiger partial charge in [-0.2, -0.15) is 0 Å². The van der Waals surface area contributed by atoms with Crippen LogP contribution in [0.25, 0.3) is 0 Å². The Bertz CT molecular complexity index is 515. The zero-order valence-corrected chi connectivity index (χ0v) is 15.7. The Hall–Kier alpha value is -1.63. The Morgan fingerprint density at radius 1 is 1.25 bits per heavy atom. The highest BCUT2D eigenvalue weighted by Gasteiger charge is 2.27. The minimum atomic E-state index is 0.141. The van der Waals surface area contributed by atoms with Crippen LogP contribution in [0.5, 0.6) is 0 Å². The molecule has 24 heavy (non-hydrogen) atoms. The van der Waals surface area contributed by atoms with Crippen molar-refractivity contribution in [2.75, 3.05) is 33.2 Å². The van der Waals surface area contributed by atoms with Gasteiger partial charge in [-0.25, -0.2) is 0 Å². The number of aryl methyl sites for hydroxylation is 1. The van der Waals surface area contributed by atoms with E-state index in [-0.39, 0.29) is 5.54 Å². The van der Waals surface area contributed by atoms with E-state index in [9.17, 15) is 0 Å². The first kappa shape index (κ1) is 18.7. The van der Waals surface area contributed by atoms with E-state index in [1.807, 2.05) is 7.05 Å². The van der Waals surface area contributed by atoms with E-state index < -0.39 is 0 Å². The molecule has 0 aromatic carbocycles. The fourth-order valence-electron chi connectivity index (χ4n) is 3.17. The second-order valence-electron chi connectivity index (χ2n) is 7.01. The summed E-state index contributed by atoms with van der Waals surface area (Å²) in [5.41, 5.74) is 0.141. The van der Waals surface area contributed by atoms with Crippen LogP contribution in [-0.4, -0.2) is 64.4 Å². The molecule has 0 unspecified atom stereocenters. The fraction of sp³-hybridized carbons (Fsp3) is 0.824. The Labute approximate surface area is 145 Å². The van der Waals surface area contributed by atoms with Crippen LogP contribution < -0.4 is 10.6 Å². The van der Waals surface area contributed by atoms with Crippen molar-refractivity contribution < 1.29 is 0 Å². The van der Waals surface area contributed by atoms with Gasteiger partial charge in [0.05, 0.1) is 0 Å². The van der Waals surface area contributed by atoms with Crippen LogP contribution in [0.4, 0.5) is 0 Å². The van der Waals surface area contributed by atoms with E-state index in [1.54, 1.807) is 6.33 Å². The lowest BCUT2D eigenvalue weighted by Crippen LogP contribution is -2.55. The van der Waals surface area contributed by atoms with E-state index in [1.165, 1.54) is 32.4 Å². The lowest BCUT2D eigenvalue weighted by molar-refractivity contribution is 0.0982. The highest BCUT2D eigenvalue weighted by atomic mass is 15.3. The molecule has 1 aromatic heterocycles. The van der Waals surface area contributed by atoms with Gasteiger partial charge in [0.1, 0.15) is 12.2 Å². The molecule has 2 heterocycles. The molecule has 0 amide bonds. The highest BCUT2D eigenvalue weighted by Crippen LogP contribution is 2.19. The molecule has 0 radical (unpaired) electrons. The third-order valence-electron chi connectivity index (χ3n) is 4.78. The number of aliphatic imine (C=N–C) groups is 1. The van der Waals surface area contributed by atoms with Gasteiger partial charge in [0.2, 0.25) is 0 Å². The van der Waals surface area contributed by atoms with Crippen molar-refractivity contribution in [1.82, 2.24) is 30.3 Å². The Kier molecular flexibility index (Phi) is 7.02. The molecule has 0 aliphatic carbocycles. The van der Waals surface area contributed by atoms with E-state index >= 15 is 0 Å². The number of hydrogen-bond acceptors (Lipinski definition) is 4. The molecular weight excluding hydrogens is 302 g/mol. The number of hydrogen-bond donors (Lipinski definition) is 2. The molecule has 2 N–H and O–H groups in total. The van der Waals surface area contributed by atoms with E-state index in [4.69, 9.17) is 0 Å². The summed E-state index contributed by atoms with van der Waals surface area (Å²) in [5.74, 6) is 1.87. The lowest BCUT2D eigenvalue weighted by atomic mass is 9.98. The van der Waals surface area contributed by atoms with Gasteiger partial charge in [-0.15, -0.1) is 10.2 Å². The second kappa shape index (κ2) is 9.01. The first-order valence-electron chi connectivity index (χ1n) is 9.13. The normalized spacial score (nSPS) is 17.1. The van der Waals surface area contributed by atoms with Gasteiger partial charge < -0.3 is 15.2 Å². The summed E-state index contributed by atoms with van der Waals surface area (Å²) >= 11 is 0. The maximum atomic E-state index is 4.33. The number of piperidine rings is 1. The minimum absolute atomic E-state index is 0.141. The van der Waals surface area contributed by atoms with Crippen molar-refractivity contribution in [3.63, 3.8) is 0 Å². The van der Waals surface area contributed by atoms with Gasteiger partial charge in [0, 0.05) is 38.6 Å². The van der Waals surface area contributed by atoms with Crippen molar-refractivity contribution in [2.45, 2.75) is 58.5 Å². The molecule has 1 fully saturated rings. The van der Waals surface area contributed by atoms with Crippen molar-refractivity contribution in [2.24, 2.45) is 4.99 Å². The van der Waals surface area contributed by atoms with Crippen LogP contribution in [0.15, 0.2) is 11.3 Å². The lowest BCUT2D eigenvalue weighted by Gasteiger charge is -2.41. The number of nitrogens with zero attached hydrogens (tertiary/aromatic N) is 5. The van der Waals surface area contributed by atoms with E-state index in [0.717, 1.165) is 37.8 Å². The summed E-state index contributed by atoms with van der Waals surface area (Å²) in [6, 6.07) is 0. The molecule has 1 aliphatic rings. The standard InChI is InChI=1S/C17H33N7/c1-5-15-22-21-14-23(15)12-9-19-16(18-4)20-13-17(2,3)24-10-7-6-8-11-24/h14H,5-13H2,1-4H3,(H2,18,19,20). The summed E-state index contributed by atoms with van der Waals surface area (Å²) in [6.07, 6.45) is 6.68. The van der Waals surface area contributed by atoms with E-state index in [2.05, 4.69) is 56.1 Å². The van der Waals surface area contributed by atoms with Gasteiger partial charge in [-0.05, 0) is 39.8 Å². The summed E-state index contributed by atoms with van der Waals surface area (Å²) in [7, 11) is 1.82. The first-order valence-corrected chi connectivity index (χ1v) is 9.13. The number of nitrogens with one attached hydrogen (secondary N) is 2. The Morgan fingerprint density at radius 3 is 2.67 bits per heavy atom. The van der Waals surface area contributed by atoms with E-state index in [0.29, 0.717) is 0 Å². The topological polar surface area (TPSA) is 70.4 Å². The van der Waals surface area contributed by atoms with Crippen LogP contribution in [0.3, 0.4) is 0 Å². The van der Waals surface area contributed by atoms with Crippen molar-refractivity contribution >= 4 is 5.96 Å². The zero-order chi connectivity index (χ0) is 17.4. The predicted molar refractivity (Wildman–Crippen MR) is 98.3 cm³/mol. The quantitative estimate of drug-likeness (QED) is 0.580. The van der Waals surface area contributed by atoms with Crippen LogP contribution in [0.2, 0.25) is 0 Å².